The highest BCUT2D eigenvalue weighted by atomic mass is 16.5. The Morgan fingerprint density at radius 2 is 1.83 bits per heavy atom. The first-order valence-corrected chi connectivity index (χ1v) is 7.34. The van der Waals surface area contributed by atoms with Gasteiger partial charge in [-0.3, -0.25) is 4.79 Å². The van der Waals surface area contributed by atoms with Crippen LogP contribution in [0.1, 0.15) is 17.5 Å². The average Bonchev–Trinajstić information content (AvgIpc) is 2.55. The minimum Gasteiger partial charge on any atom is -0.506 e. The maximum Gasteiger partial charge on any atom is 0.224 e. The summed E-state index contributed by atoms with van der Waals surface area (Å²) in [6.07, 6.45) is 0.877. The third-order valence-electron chi connectivity index (χ3n) is 3.52. The lowest BCUT2D eigenvalue weighted by molar-refractivity contribution is -0.116. The summed E-state index contributed by atoms with van der Waals surface area (Å²) in [7, 11) is 3.16. The summed E-state index contributed by atoms with van der Waals surface area (Å²) in [5.41, 5.74) is 2.34. The fraction of sp³-hybridized carbons (Fsp3) is 0.278. The van der Waals surface area contributed by atoms with E-state index in [1.54, 1.807) is 26.4 Å². The van der Waals surface area contributed by atoms with Crippen molar-refractivity contribution in [3.05, 3.63) is 47.5 Å². The highest BCUT2D eigenvalue weighted by molar-refractivity contribution is 5.92. The molecule has 0 heterocycles. The van der Waals surface area contributed by atoms with E-state index in [0.29, 0.717) is 30.0 Å². The summed E-state index contributed by atoms with van der Waals surface area (Å²) in [6, 6.07) is 10.7. The van der Waals surface area contributed by atoms with Gasteiger partial charge in [-0.25, -0.2) is 0 Å². The van der Waals surface area contributed by atoms with Gasteiger partial charge in [-0.1, -0.05) is 12.1 Å². The zero-order chi connectivity index (χ0) is 16.8. The molecule has 0 saturated heterocycles. The molecule has 0 aromatic heterocycles. The molecule has 0 fully saturated rings. The lowest BCUT2D eigenvalue weighted by Crippen LogP contribution is -2.12. The van der Waals surface area contributed by atoms with Gasteiger partial charge < -0.3 is 19.9 Å². The molecular formula is C18H21NO4. The number of nitrogens with one attached hydrogen (secondary N) is 1. The Morgan fingerprint density at radius 3 is 2.48 bits per heavy atom. The molecule has 2 N–H and O–H groups in total. The number of hydrogen-bond donors (Lipinski definition) is 2. The van der Waals surface area contributed by atoms with Crippen molar-refractivity contribution in [1.29, 1.82) is 0 Å². The number of methoxy groups -OCH3 is 2. The van der Waals surface area contributed by atoms with Crippen molar-refractivity contribution in [2.75, 3.05) is 19.5 Å². The Labute approximate surface area is 135 Å². The maximum atomic E-state index is 12.0. The summed E-state index contributed by atoms with van der Waals surface area (Å²) in [5.74, 6) is 1.22. The average molecular weight is 315 g/mol. The SMILES string of the molecule is COc1ccc(CCC(=O)Nc2ccc(C)cc2O)cc1OC. The maximum absolute atomic E-state index is 12.0. The lowest BCUT2D eigenvalue weighted by atomic mass is 10.1. The summed E-state index contributed by atoms with van der Waals surface area (Å²) in [5, 5.41) is 12.5. The number of phenolic OH excluding ortho intramolecular Hbond substituents is 1. The van der Waals surface area contributed by atoms with Crippen LogP contribution in [0, 0.1) is 6.92 Å². The van der Waals surface area contributed by atoms with Crippen LogP contribution in [0.4, 0.5) is 5.69 Å². The fourth-order valence-electron chi connectivity index (χ4n) is 2.25. The summed E-state index contributed by atoms with van der Waals surface area (Å²) >= 11 is 0. The summed E-state index contributed by atoms with van der Waals surface area (Å²) in [6.45, 7) is 1.88. The van der Waals surface area contributed by atoms with E-state index in [0.717, 1.165) is 11.1 Å². The number of phenols is 1. The fourth-order valence-corrected chi connectivity index (χ4v) is 2.25. The van der Waals surface area contributed by atoms with Crippen molar-refractivity contribution in [2.24, 2.45) is 0 Å². The third-order valence-corrected chi connectivity index (χ3v) is 3.52. The molecule has 2 aromatic carbocycles. The molecule has 0 atom stereocenters. The van der Waals surface area contributed by atoms with Gasteiger partial charge in [0.2, 0.25) is 5.91 Å². The van der Waals surface area contributed by atoms with Crippen molar-refractivity contribution in [3.8, 4) is 17.2 Å². The van der Waals surface area contributed by atoms with E-state index in [-0.39, 0.29) is 11.7 Å². The molecule has 5 heteroatoms. The second-order valence-electron chi connectivity index (χ2n) is 5.26. The van der Waals surface area contributed by atoms with Crippen LogP contribution in [0.25, 0.3) is 0 Å². The predicted molar refractivity (Wildman–Crippen MR) is 89.3 cm³/mol. The first-order chi connectivity index (χ1) is 11.0. The number of carbonyl (C=O) groups excluding carboxylic acids is 1. The molecule has 0 saturated carbocycles. The van der Waals surface area contributed by atoms with Gasteiger partial charge in [-0.05, 0) is 48.7 Å². The van der Waals surface area contributed by atoms with Gasteiger partial charge in [0, 0.05) is 6.42 Å². The second kappa shape index (κ2) is 7.54. The van der Waals surface area contributed by atoms with Crippen LogP contribution in [0.2, 0.25) is 0 Å². The number of ether oxygens (including phenoxy) is 2. The van der Waals surface area contributed by atoms with Crippen molar-refractivity contribution < 1.29 is 19.4 Å². The zero-order valence-electron chi connectivity index (χ0n) is 13.6. The number of anilines is 1. The molecule has 0 aliphatic heterocycles. The van der Waals surface area contributed by atoms with Gasteiger partial charge in [0.15, 0.2) is 11.5 Å². The van der Waals surface area contributed by atoms with Crippen molar-refractivity contribution in [1.82, 2.24) is 0 Å². The molecule has 2 aromatic rings. The second-order valence-corrected chi connectivity index (χ2v) is 5.26. The highest BCUT2D eigenvalue weighted by Gasteiger charge is 2.09. The van der Waals surface area contributed by atoms with E-state index in [2.05, 4.69) is 5.32 Å². The molecule has 0 aliphatic carbocycles. The molecule has 1 amide bonds. The number of benzene rings is 2. The molecule has 5 nitrogen and oxygen atoms in total. The van der Waals surface area contributed by atoms with Crippen molar-refractivity contribution in [3.63, 3.8) is 0 Å². The Balaban J connectivity index is 1.96. The number of rotatable bonds is 6. The van der Waals surface area contributed by atoms with E-state index >= 15 is 0 Å². The Hall–Kier alpha value is -2.69. The van der Waals surface area contributed by atoms with Crippen LogP contribution in [-0.2, 0) is 11.2 Å². The van der Waals surface area contributed by atoms with Gasteiger partial charge in [0.1, 0.15) is 5.75 Å². The topological polar surface area (TPSA) is 67.8 Å². The first-order valence-electron chi connectivity index (χ1n) is 7.34. The summed E-state index contributed by atoms with van der Waals surface area (Å²) in [4.78, 5) is 12.0. The molecule has 0 bridgehead atoms. The molecule has 23 heavy (non-hydrogen) atoms. The standard InChI is InChI=1S/C18H21NO4/c1-12-4-7-14(15(20)10-12)19-18(21)9-6-13-5-8-16(22-2)17(11-13)23-3/h4-5,7-8,10-11,20H,6,9H2,1-3H3,(H,19,21). The van der Waals surface area contributed by atoms with Crippen LogP contribution in [0.5, 0.6) is 17.2 Å². The monoisotopic (exact) mass is 315 g/mol. The van der Waals surface area contributed by atoms with E-state index < -0.39 is 0 Å². The van der Waals surface area contributed by atoms with Crippen LogP contribution in [-0.4, -0.2) is 25.2 Å². The normalized spacial score (nSPS) is 10.2. The molecule has 0 aliphatic rings. The number of aromatic hydroxyl groups is 1. The molecule has 0 unspecified atom stereocenters. The molecular weight excluding hydrogens is 294 g/mol. The van der Waals surface area contributed by atoms with E-state index in [1.165, 1.54) is 0 Å². The van der Waals surface area contributed by atoms with E-state index in [1.807, 2.05) is 31.2 Å². The molecule has 122 valence electrons. The molecule has 0 radical (unpaired) electrons. The van der Waals surface area contributed by atoms with Crippen LogP contribution < -0.4 is 14.8 Å². The van der Waals surface area contributed by atoms with Crippen LogP contribution in [0.3, 0.4) is 0 Å². The van der Waals surface area contributed by atoms with Crippen LogP contribution >= 0.6 is 0 Å². The number of hydrogen-bond acceptors (Lipinski definition) is 4. The minimum absolute atomic E-state index is 0.0736. The van der Waals surface area contributed by atoms with Crippen LogP contribution in [0.15, 0.2) is 36.4 Å². The van der Waals surface area contributed by atoms with Gasteiger partial charge >= 0.3 is 0 Å². The molecule has 2 rings (SSSR count). The Bertz CT molecular complexity index is 697. The van der Waals surface area contributed by atoms with E-state index in [9.17, 15) is 9.90 Å². The van der Waals surface area contributed by atoms with E-state index in [4.69, 9.17) is 9.47 Å². The summed E-state index contributed by atoms with van der Waals surface area (Å²) < 4.78 is 10.4. The first kappa shape index (κ1) is 16.7. The predicted octanol–water partition coefficient (Wildman–Crippen LogP) is 3.29. The quantitative estimate of drug-likeness (QED) is 0.803. The van der Waals surface area contributed by atoms with Crippen molar-refractivity contribution >= 4 is 11.6 Å². The van der Waals surface area contributed by atoms with Gasteiger partial charge in [-0.15, -0.1) is 0 Å². The number of amides is 1. The minimum atomic E-state index is -0.154. The van der Waals surface area contributed by atoms with Gasteiger partial charge in [0.25, 0.3) is 0 Å². The number of carbonyl (C=O) groups is 1. The Morgan fingerprint density at radius 1 is 1.09 bits per heavy atom. The van der Waals surface area contributed by atoms with Crippen molar-refractivity contribution in [2.45, 2.75) is 19.8 Å². The Kier molecular flexibility index (Phi) is 5.46. The smallest absolute Gasteiger partial charge is 0.224 e. The highest BCUT2D eigenvalue weighted by Crippen LogP contribution is 2.28. The van der Waals surface area contributed by atoms with Gasteiger partial charge in [-0.2, -0.15) is 0 Å². The zero-order valence-corrected chi connectivity index (χ0v) is 13.6. The largest absolute Gasteiger partial charge is 0.506 e. The lowest BCUT2D eigenvalue weighted by Gasteiger charge is -2.10. The number of aryl methyl sites for hydroxylation is 2. The third kappa shape index (κ3) is 4.39. The van der Waals surface area contributed by atoms with Gasteiger partial charge in [0.05, 0.1) is 19.9 Å². The molecule has 0 spiro atoms.